The van der Waals surface area contributed by atoms with E-state index in [2.05, 4.69) is 5.32 Å². The molecule has 0 radical (unpaired) electrons. The Morgan fingerprint density at radius 1 is 0.905 bits per heavy atom. The molecule has 0 saturated carbocycles. The molecule has 2 aromatic carbocycles. The number of benzene rings is 2. The first-order valence-corrected chi connectivity index (χ1v) is 5.82. The molecule has 0 unspecified atom stereocenters. The van der Waals surface area contributed by atoms with Gasteiger partial charge in [-0.3, -0.25) is 0 Å². The number of anilines is 1. The van der Waals surface area contributed by atoms with E-state index in [-0.39, 0.29) is 5.56 Å². The summed E-state index contributed by atoms with van der Waals surface area (Å²) in [6.07, 6.45) is -4.76. The van der Waals surface area contributed by atoms with E-state index >= 15 is 0 Å². The summed E-state index contributed by atoms with van der Waals surface area (Å²) in [5.41, 5.74) is -2.03. The third-order valence-corrected chi connectivity index (χ3v) is 2.80. The molecule has 112 valence electrons. The lowest BCUT2D eigenvalue weighted by atomic mass is 10.1. The van der Waals surface area contributed by atoms with E-state index in [1.807, 2.05) is 0 Å². The van der Waals surface area contributed by atoms with Gasteiger partial charge >= 0.3 is 6.18 Å². The number of rotatable bonds is 3. The van der Waals surface area contributed by atoms with Crippen LogP contribution in [-0.2, 0) is 12.7 Å². The van der Waals surface area contributed by atoms with Gasteiger partial charge in [0.2, 0.25) is 0 Å². The Hall–Kier alpha value is -2.18. The number of halogens is 6. The van der Waals surface area contributed by atoms with Crippen LogP contribution in [0.25, 0.3) is 0 Å². The van der Waals surface area contributed by atoms with Crippen LogP contribution in [0.5, 0.6) is 0 Å². The number of para-hydroxylation sites is 1. The van der Waals surface area contributed by atoms with Gasteiger partial charge < -0.3 is 5.32 Å². The Kier molecular flexibility index (Phi) is 4.11. The van der Waals surface area contributed by atoms with Gasteiger partial charge in [0.25, 0.3) is 0 Å². The van der Waals surface area contributed by atoms with Crippen molar-refractivity contribution >= 4 is 5.69 Å². The predicted molar refractivity (Wildman–Crippen MR) is 65.1 cm³/mol. The Bertz CT molecular complexity index is 630. The maximum atomic E-state index is 13.4. The molecule has 0 spiro atoms. The highest BCUT2D eigenvalue weighted by Crippen LogP contribution is 2.33. The average molecular weight is 305 g/mol. The largest absolute Gasteiger partial charge is 0.416 e. The Morgan fingerprint density at radius 2 is 1.52 bits per heavy atom. The summed E-state index contributed by atoms with van der Waals surface area (Å²) in [6, 6.07) is 5.19. The van der Waals surface area contributed by atoms with Crippen LogP contribution < -0.4 is 5.32 Å². The van der Waals surface area contributed by atoms with Gasteiger partial charge in [-0.25, -0.2) is 13.2 Å². The molecule has 1 N–H and O–H groups in total. The van der Waals surface area contributed by atoms with Crippen LogP contribution >= 0.6 is 0 Å². The number of hydrogen-bond acceptors (Lipinski definition) is 1. The number of alkyl halides is 3. The molecule has 0 amide bonds. The molecule has 21 heavy (non-hydrogen) atoms. The van der Waals surface area contributed by atoms with Crippen molar-refractivity contribution in [1.29, 1.82) is 0 Å². The minimum absolute atomic E-state index is 0.313. The predicted octanol–water partition coefficient (Wildman–Crippen LogP) is 4.73. The van der Waals surface area contributed by atoms with E-state index in [1.165, 1.54) is 0 Å². The van der Waals surface area contributed by atoms with Crippen LogP contribution in [0.1, 0.15) is 11.1 Å². The van der Waals surface area contributed by atoms with Gasteiger partial charge in [0, 0.05) is 6.54 Å². The molecule has 0 aliphatic rings. The standard InChI is InChI=1S/C14H9F6N/c15-9-5-4-8(10(6-9)14(18,19)20)7-21-13-11(16)2-1-3-12(13)17/h1-6,21H,7H2. The third-order valence-electron chi connectivity index (χ3n) is 2.80. The molecular formula is C14H9F6N. The van der Waals surface area contributed by atoms with Crippen LogP contribution in [0.2, 0.25) is 0 Å². The summed E-state index contributed by atoms with van der Waals surface area (Å²) in [5.74, 6) is -2.89. The molecule has 0 aliphatic carbocycles. The van der Waals surface area contributed by atoms with Gasteiger partial charge in [-0.05, 0) is 29.8 Å². The minimum atomic E-state index is -4.76. The first-order chi connectivity index (χ1) is 9.79. The van der Waals surface area contributed by atoms with Crippen LogP contribution in [0.3, 0.4) is 0 Å². The molecule has 0 bridgehead atoms. The van der Waals surface area contributed by atoms with E-state index < -0.39 is 41.4 Å². The zero-order valence-corrected chi connectivity index (χ0v) is 10.4. The van der Waals surface area contributed by atoms with Crippen molar-refractivity contribution in [2.24, 2.45) is 0 Å². The molecule has 0 saturated heterocycles. The summed E-state index contributed by atoms with van der Waals surface area (Å²) >= 11 is 0. The fraction of sp³-hybridized carbons (Fsp3) is 0.143. The molecule has 0 atom stereocenters. The van der Waals surface area contributed by atoms with E-state index in [9.17, 15) is 26.3 Å². The molecule has 2 aromatic rings. The summed E-state index contributed by atoms with van der Waals surface area (Å²) in [5, 5.41) is 2.26. The van der Waals surface area contributed by atoms with E-state index in [0.29, 0.717) is 6.07 Å². The van der Waals surface area contributed by atoms with Crippen molar-refractivity contribution in [3.8, 4) is 0 Å². The molecule has 0 fully saturated rings. The van der Waals surface area contributed by atoms with Gasteiger partial charge in [-0.2, -0.15) is 13.2 Å². The van der Waals surface area contributed by atoms with Crippen LogP contribution in [-0.4, -0.2) is 0 Å². The van der Waals surface area contributed by atoms with Crippen LogP contribution in [0, 0.1) is 17.5 Å². The van der Waals surface area contributed by atoms with Crippen molar-refractivity contribution in [3.05, 3.63) is 65.0 Å². The molecule has 0 aliphatic heterocycles. The smallest absolute Gasteiger partial charge is 0.376 e. The highest BCUT2D eigenvalue weighted by atomic mass is 19.4. The second-order valence-electron chi connectivity index (χ2n) is 4.25. The van der Waals surface area contributed by atoms with Gasteiger partial charge in [0.05, 0.1) is 5.56 Å². The van der Waals surface area contributed by atoms with E-state index in [1.54, 1.807) is 0 Å². The normalized spacial score (nSPS) is 11.5. The summed E-state index contributed by atoms with van der Waals surface area (Å²) in [4.78, 5) is 0. The average Bonchev–Trinajstić information content (AvgIpc) is 2.38. The van der Waals surface area contributed by atoms with Crippen molar-refractivity contribution in [2.45, 2.75) is 12.7 Å². The molecule has 0 aromatic heterocycles. The quantitative estimate of drug-likeness (QED) is 0.808. The first kappa shape index (κ1) is 15.2. The summed E-state index contributed by atoms with van der Waals surface area (Å²) in [6.45, 7) is -0.493. The maximum Gasteiger partial charge on any atom is 0.416 e. The lowest BCUT2D eigenvalue weighted by Crippen LogP contribution is -2.13. The topological polar surface area (TPSA) is 12.0 Å². The van der Waals surface area contributed by atoms with Crippen LogP contribution in [0.15, 0.2) is 36.4 Å². The lowest BCUT2D eigenvalue weighted by molar-refractivity contribution is -0.138. The SMILES string of the molecule is Fc1ccc(CNc2c(F)cccc2F)c(C(F)(F)F)c1. The van der Waals surface area contributed by atoms with Crippen molar-refractivity contribution in [1.82, 2.24) is 0 Å². The summed E-state index contributed by atoms with van der Waals surface area (Å²) < 4.78 is 78.0. The third kappa shape index (κ3) is 3.48. The fourth-order valence-electron chi connectivity index (χ4n) is 1.82. The lowest BCUT2D eigenvalue weighted by Gasteiger charge is -2.14. The summed E-state index contributed by atoms with van der Waals surface area (Å²) in [7, 11) is 0. The molecule has 0 heterocycles. The molecule has 7 heteroatoms. The second-order valence-corrected chi connectivity index (χ2v) is 4.25. The van der Waals surface area contributed by atoms with Crippen LogP contribution in [0.4, 0.5) is 32.0 Å². The van der Waals surface area contributed by atoms with Crippen molar-refractivity contribution in [3.63, 3.8) is 0 Å². The highest BCUT2D eigenvalue weighted by molar-refractivity contribution is 5.47. The van der Waals surface area contributed by atoms with Gasteiger partial charge in [0.1, 0.15) is 23.1 Å². The zero-order chi connectivity index (χ0) is 15.6. The van der Waals surface area contributed by atoms with Gasteiger partial charge in [-0.15, -0.1) is 0 Å². The number of nitrogens with one attached hydrogen (secondary N) is 1. The zero-order valence-electron chi connectivity index (χ0n) is 10.4. The molecular weight excluding hydrogens is 296 g/mol. The van der Waals surface area contributed by atoms with E-state index in [4.69, 9.17) is 0 Å². The minimum Gasteiger partial charge on any atom is -0.376 e. The molecule has 1 nitrogen and oxygen atoms in total. The Labute approximate surface area is 116 Å². The van der Waals surface area contributed by atoms with Crippen molar-refractivity contribution in [2.75, 3.05) is 5.32 Å². The van der Waals surface area contributed by atoms with Gasteiger partial charge in [-0.1, -0.05) is 12.1 Å². The Morgan fingerprint density at radius 3 is 2.10 bits per heavy atom. The second kappa shape index (κ2) is 5.67. The highest BCUT2D eigenvalue weighted by Gasteiger charge is 2.33. The van der Waals surface area contributed by atoms with Crippen molar-refractivity contribution < 1.29 is 26.3 Å². The molecule has 2 rings (SSSR count). The number of hydrogen-bond donors (Lipinski definition) is 1. The fourth-order valence-corrected chi connectivity index (χ4v) is 1.82. The maximum absolute atomic E-state index is 13.4. The first-order valence-electron chi connectivity index (χ1n) is 5.82. The van der Waals surface area contributed by atoms with Gasteiger partial charge in [0.15, 0.2) is 0 Å². The monoisotopic (exact) mass is 305 g/mol. The van der Waals surface area contributed by atoms with E-state index in [0.717, 1.165) is 30.3 Å². The Balaban J connectivity index is 2.29.